The lowest BCUT2D eigenvalue weighted by Crippen LogP contribution is -2.60. The van der Waals surface area contributed by atoms with E-state index in [4.69, 9.17) is 34.6 Å². The van der Waals surface area contributed by atoms with Crippen LogP contribution in [0.1, 0.15) is 420 Å². The molecule has 0 radical (unpaired) electrons. The SMILES string of the molecule is CC(C)(C)C(=O)C1(CC(=O)O)CCCC1.CC(C)(C)C(=O)C1CCC(C(=O)O)CC1.CC(C)(C)C(=O)C1CCC(C)(C(=O)O)C1(C)C.CC(C)(C)C(=O)C1CCCC(C(=O)O)C1.CC(C)(C)C(=O)CC1(C(=O)O)CCCC1.CCCCOC(=O)C1CCC(C(=O)C(C)(C)C)CC1.CCCCOC(=O)C1CCCC(C(=O)C(C)(C)C)C1.CCCOC(=O)N1CCN(CC(=O)O)CC1C(=O)C(C)(C)C. The van der Waals surface area contributed by atoms with Crippen molar-refractivity contribution >= 4 is 100 Å². The number of nitrogens with zero attached hydrogens (tertiary/aromatic N) is 2. The van der Waals surface area contributed by atoms with Gasteiger partial charge in [0.25, 0.3) is 0 Å². The Labute approximate surface area is 822 Å². The molecule has 1 heterocycles. The summed E-state index contributed by atoms with van der Waals surface area (Å²) in [6, 6.07) is -0.669. The lowest BCUT2D eigenvalue weighted by molar-refractivity contribution is -0.156. The van der Waals surface area contributed by atoms with Gasteiger partial charge in [-0.1, -0.05) is 252 Å². The smallest absolute Gasteiger partial charge is 0.410 e. The Morgan fingerprint density at radius 3 is 1.04 bits per heavy atom. The molecule has 6 N–H and O–H groups in total. The highest BCUT2D eigenvalue weighted by atomic mass is 16.6. The minimum Gasteiger partial charge on any atom is -0.481 e. The molecule has 8 rings (SSSR count). The number of carbonyl (C=O) groups is 17. The highest BCUT2D eigenvalue weighted by Gasteiger charge is 2.59. The molecule has 7 atom stereocenters. The number of hydrogen-bond donors (Lipinski definition) is 6. The van der Waals surface area contributed by atoms with Crippen LogP contribution >= 0.6 is 0 Å². The molecule has 0 aromatic heterocycles. The van der Waals surface area contributed by atoms with Crippen molar-refractivity contribution in [1.29, 1.82) is 0 Å². The van der Waals surface area contributed by atoms with Crippen molar-refractivity contribution in [3.05, 3.63) is 0 Å². The maximum Gasteiger partial charge on any atom is 0.410 e. The van der Waals surface area contributed by atoms with Gasteiger partial charge in [-0.3, -0.25) is 86.5 Å². The monoisotopic (exact) mass is 1940 g/mol. The summed E-state index contributed by atoms with van der Waals surface area (Å²) in [5.74, 6) is -4.10. The molecule has 1 amide bonds. The third kappa shape index (κ3) is 41.4. The Bertz CT molecular complexity index is 3970. The third-order valence-corrected chi connectivity index (χ3v) is 28.9. The quantitative estimate of drug-likeness (QED) is 0.0253. The van der Waals surface area contributed by atoms with Gasteiger partial charge >= 0.3 is 53.8 Å². The first-order valence-electron chi connectivity index (χ1n) is 51.2. The fourth-order valence-corrected chi connectivity index (χ4v) is 19.8. The second-order valence-electron chi connectivity index (χ2n) is 49.3. The maximum atomic E-state index is 12.6. The molecular weight excluding hydrogens is 1750 g/mol. The summed E-state index contributed by atoms with van der Waals surface area (Å²) in [5.41, 5.74) is -5.68. The van der Waals surface area contributed by atoms with Crippen molar-refractivity contribution in [2.24, 2.45) is 118 Å². The van der Waals surface area contributed by atoms with Crippen LogP contribution < -0.4 is 0 Å². The first kappa shape index (κ1) is 127. The van der Waals surface area contributed by atoms with E-state index in [0.29, 0.717) is 102 Å². The molecule has 1 aliphatic heterocycles. The normalized spacial score (nSPS) is 24.3. The van der Waals surface area contributed by atoms with Crippen LogP contribution in [-0.4, -0.2) is 193 Å². The molecule has 0 aromatic rings. The first-order chi connectivity index (χ1) is 62.5. The van der Waals surface area contributed by atoms with Gasteiger partial charge in [0.15, 0.2) is 5.78 Å². The minimum atomic E-state index is -0.941. The first-order valence-corrected chi connectivity index (χ1v) is 51.2. The van der Waals surface area contributed by atoms with Crippen molar-refractivity contribution in [3.63, 3.8) is 0 Å². The maximum absolute atomic E-state index is 12.6. The molecule has 7 saturated carbocycles. The van der Waals surface area contributed by atoms with Crippen molar-refractivity contribution in [2.75, 3.05) is 46.0 Å². The third-order valence-electron chi connectivity index (χ3n) is 28.9. The summed E-state index contributed by atoms with van der Waals surface area (Å²) in [5, 5.41) is 54.2. The molecule has 8 aliphatic rings. The van der Waals surface area contributed by atoms with E-state index < -0.39 is 91.3 Å². The highest BCUT2D eigenvalue weighted by molar-refractivity contribution is 5.95. The van der Waals surface area contributed by atoms with Crippen LogP contribution in [-0.2, 0) is 90.9 Å². The van der Waals surface area contributed by atoms with Crippen molar-refractivity contribution < 1.29 is 126 Å². The molecule has 137 heavy (non-hydrogen) atoms. The predicted molar refractivity (Wildman–Crippen MR) is 529 cm³/mol. The molecule has 7 aliphatic carbocycles. The molecule has 7 unspecified atom stereocenters. The average molecular weight is 1940 g/mol. The Kier molecular flexibility index (Phi) is 51.2. The summed E-state index contributed by atoms with van der Waals surface area (Å²) in [6.45, 7) is 59.4. The van der Waals surface area contributed by atoms with Gasteiger partial charge in [-0.05, 0) is 160 Å². The van der Waals surface area contributed by atoms with Crippen molar-refractivity contribution in [3.8, 4) is 0 Å². The Morgan fingerprint density at radius 2 is 0.693 bits per heavy atom. The zero-order valence-corrected chi connectivity index (χ0v) is 90.3. The fourth-order valence-electron chi connectivity index (χ4n) is 19.8. The van der Waals surface area contributed by atoms with Gasteiger partial charge in [-0.25, -0.2) is 4.79 Å². The topological polar surface area (TPSA) is 446 Å². The Balaban J connectivity index is 0.000000786. The number of ketones is 8. The molecule has 0 bridgehead atoms. The van der Waals surface area contributed by atoms with Gasteiger partial charge in [0, 0.05) is 104 Å². The van der Waals surface area contributed by atoms with E-state index in [-0.39, 0.29) is 147 Å². The van der Waals surface area contributed by atoms with Crippen LogP contribution in [0.2, 0.25) is 0 Å². The molecule has 788 valence electrons. The van der Waals surface area contributed by atoms with E-state index in [2.05, 4.69) is 13.8 Å². The largest absolute Gasteiger partial charge is 0.481 e. The number of piperazine rings is 1. The number of unbranched alkanes of at least 4 members (excludes halogenated alkanes) is 2. The van der Waals surface area contributed by atoms with Gasteiger partial charge in [-0.2, -0.15) is 0 Å². The lowest BCUT2D eigenvalue weighted by atomic mass is 9.62. The standard InChI is InChI=1S/2C16H28O3.C15H26N2O5.C14H24O3.4C12H20O3/c1-5-6-11-19-15(18)13-9-7-12(8-10-13)14(17)16(2,3)4;1-5-6-10-19-15(18)13-9-7-8-12(11-13)14(17)16(2,3)4;1-5-8-22-14(21)17-7-6-16(10-12(18)19)9-11(17)13(20)15(2,3)4;1-12(2,3)10(15)9-7-8-14(6,11(16)17)13(9,4)5;1-12(2,3)10(13)8-4-6-9(7-5-8)11(14)15;1-12(2,3)10(13)8-5-4-6-9(7-8)11(14)15;1-11(2,3)10(15)12(8-9(13)14)6-4-5-7-12;1-11(2,3)9(13)8-12(10(14)15)6-4-5-7-12/h2*12-13H,5-11H2,1-4H3;11H,5-10H2,1-4H3,(H,18,19);9H,7-8H2,1-6H3,(H,16,17);2*8-9H,4-7H2,1-3H3,(H,14,15);4-8H2,1-3H3,(H,13,14);4-8H2,1-3H3,(H,14,15). The number of ether oxygens (including phenoxy) is 3. The molecule has 0 spiro atoms. The number of carbonyl (C=O) groups excluding carboxylic acids is 11. The van der Waals surface area contributed by atoms with Crippen LogP contribution in [0.15, 0.2) is 0 Å². The highest BCUT2D eigenvalue weighted by Crippen LogP contribution is 2.58. The van der Waals surface area contributed by atoms with Crippen LogP contribution in [0.5, 0.6) is 0 Å². The zero-order valence-electron chi connectivity index (χ0n) is 90.3. The van der Waals surface area contributed by atoms with E-state index in [1.54, 1.807) is 32.6 Å². The lowest BCUT2D eigenvalue weighted by Gasteiger charge is -2.41. The van der Waals surface area contributed by atoms with Gasteiger partial charge in [0.05, 0.1) is 67.3 Å². The fraction of sp³-hybridized carbons (Fsp3) is 0.844. The minimum absolute atomic E-state index is 0.00308. The average Bonchev–Trinajstić information content (AvgIpc) is 1.59. The van der Waals surface area contributed by atoms with Gasteiger partial charge < -0.3 is 44.8 Å². The summed E-state index contributed by atoms with van der Waals surface area (Å²) in [4.78, 5) is 203. The van der Waals surface area contributed by atoms with Gasteiger partial charge in [0.2, 0.25) is 0 Å². The van der Waals surface area contributed by atoms with Crippen LogP contribution in [0, 0.1) is 118 Å². The number of rotatable bonds is 27. The van der Waals surface area contributed by atoms with E-state index >= 15 is 0 Å². The van der Waals surface area contributed by atoms with Crippen LogP contribution in [0.4, 0.5) is 4.79 Å². The summed E-state index contributed by atoms with van der Waals surface area (Å²) < 4.78 is 15.7. The number of Topliss-reactive ketones (excluding diaryl/α,β-unsaturated/α-hetero) is 8. The van der Waals surface area contributed by atoms with Gasteiger partial charge in [-0.15, -0.1) is 0 Å². The number of hydrogen-bond acceptors (Lipinski definition) is 21. The van der Waals surface area contributed by atoms with E-state index in [1.165, 1.54) is 4.90 Å². The van der Waals surface area contributed by atoms with E-state index in [9.17, 15) is 91.7 Å². The summed E-state index contributed by atoms with van der Waals surface area (Å²) in [7, 11) is 0. The molecule has 0 aromatic carbocycles. The molecule has 1 saturated heterocycles. The summed E-state index contributed by atoms with van der Waals surface area (Å²) >= 11 is 0. The van der Waals surface area contributed by atoms with Crippen LogP contribution in [0.3, 0.4) is 0 Å². The van der Waals surface area contributed by atoms with E-state index in [0.717, 1.165) is 141 Å². The molecule has 28 nitrogen and oxygen atoms in total. The molecular formula is C109H186N2O26. The second kappa shape index (κ2) is 55.1. The van der Waals surface area contributed by atoms with Gasteiger partial charge in [0.1, 0.15) is 46.5 Å². The number of carboxylic acid groups (broad SMARTS) is 6. The predicted octanol–water partition coefficient (Wildman–Crippen LogP) is 22.1. The van der Waals surface area contributed by atoms with Crippen molar-refractivity contribution in [2.45, 2.75) is 426 Å². The number of aliphatic carboxylic acids is 6. The Hall–Kier alpha value is -7.65. The number of carboxylic acids is 6. The number of amides is 1. The van der Waals surface area contributed by atoms with Crippen molar-refractivity contribution in [1.82, 2.24) is 9.80 Å². The Morgan fingerprint density at radius 1 is 0.328 bits per heavy atom. The zero-order chi connectivity index (χ0) is 106. The molecule has 28 heteroatoms. The number of esters is 2. The van der Waals surface area contributed by atoms with Crippen LogP contribution in [0.25, 0.3) is 0 Å². The second-order valence-corrected chi connectivity index (χ2v) is 49.3. The summed E-state index contributed by atoms with van der Waals surface area (Å²) in [6.07, 6.45) is 24.7. The van der Waals surface area contributed by atoms with E-state index in [1.807, 2.05) is 166 Å². The molecule has 8 fully saturated rings.